The maximum Gasteiger partial charge on any atom is 0.328 e. The van der Waals surface area contributed by atoms with Gasteiger partial charge in [-0.25, -0.2) is 14.0 Å². The van der Waals surface area contributed by atoms with Crippen molar-refractivity contribution in [2.75, 3.05) is 18.4 Å². The molecule has 1 aliphatic heterocycles. The molecule has 3 amide bonds. The van der Waals surface area contributed by atoms with Gasteiger partial charge in [-0.2, -0.15) is 0 Å². The lowest BCUT2D eigenvalue weighted by atomic mass is 10.2. The van der Waals surface area contributed by atoms with Gasteiger partial charge in [-0.3, -0.25) is 9.69 Å². The van der Waals surface area contributed by atoms with Crippen LogP contribution in [0.2, 0.25) is 5.02 Å². The largest absolute Gasteiger partial charge is 0.480 e. The van der Waals surface area contributed by atoms with Crippen LogP contribution in [0.15, 0.2) is 18.2 Å². The number of nitrogens with zero attached hydrogens (tertiary/aromatic N) is 1. The Labute approximate surface area is 123 Å². The van der Waals surface area contributed by atoms with Gasteiger partial charge in [0.25, 0.3) is 0 Å². The number of hydrogen-bond acceptors (Lipinski definition) is 3. The van der Waals surface area contributed by atoms with Gasteiger partial charge in [0.2, 0.25) is 5.91 Å². The zero-order chi connectivity index (χ0) is 15.6. The maximum absolute atomic E-state index is 13.7. The van der Waals surface area contributed by atoms with Crippen molar-refractivity contribution in [3.63, 3.8) is 0 Å². The Balaban J connectivity index is 2.19. The molecule has 1 unspecified atom stereocenters. The molecule has 0 bridgehead atoms. The van der Waals surface area contributed by atoms with E-state index in [2.05, 4.69) is 10.6 Å². The van der Waals surface area contributed by atoms with Crippen LogP contribution in [0.1, 0.15) is 0 Å². The fraction of sp³-hybridized carbons (Fsp3) is 0.250. The molecule has 3 N–H and O–H groups in total. The number of amides is 3. The van der Waals surface area contributed by atoms with Gasteiger partial charge in [0, 0.05) is 6.54 Å². The lowest BCUT2D eigenvalue weighted by Gasteiger charge is -2.32. The van der Waals surface area contributed by atoms with Crippen LogP contribution in [-0.2, 0) is 9.59 Å². The summed E-state index contributed by atoms with van der Waals surface area (Å²) in [5.41, 5.74) is -0.192. The third-order valence-corrected chi connectivity index (χ3v) is 3.21. The molecule has 0 aromatic heterocycles. The van der Waals surface area contributed by atoms with E-state index in [0.717, 1.165) is 4.90 Å². The van der Waals surface area contributed by atoms with Crippen molar-refractivity contribution in [1.29, 1.82) is 0 Å². The van der Waals surface area contributed by atoms with Gasteiger partial charge in [-0.15, -0.1) is 0 Å². The third-order valence-electron chi connectivity index (χ3n) is 2.92. The Morgan fingerprint density at radius 2 is 2.19 bits per heavy atom. The predicted molar refractivity (Wildman–Crippen MR) is 71.6 cm³/mol. The molecule has 0 radical (unpaired) electrons. The Morgan fingerprint density at radius 3 is 2.86 bits per heavy atom. The number of carboxylic acid groups (broad SMARTS) is 1. The average Bonchev–Trinajstić information content (AvgIpc) is 2.43. The number of anilines is 1. The molecule has 1 heterocycles. The molecular formula is C12H11ClFN3O4. The summed E-state index contributed by atoms with van der Waals surface area (Å²) in [7, 11) is 0. The van der Waals surface area contributed by atoms with Crippen LogP contribution >= 0.6 is 11.6 Å². The molecule has 7 nitrogen and oxygen atoms in total. The minimum Gasteiger partial charge on any atom is -0.480 e. The summed E-state index contributed by atoms with van der Waals surface area (Å²) < 4.78 is 13.7. The first-order valence-corrected chi connectivity index (χ1v) is 6.29. The van der Waals surface area contributed by atoms with Crippen molar-refractivity contribution in [3.8, 4) is 0 Å². The molecule has 1 aromatic carbocycles. The summed E-state index contributed by atoms with van der Waals surface area (Å²) in [6.45, 7) is -0.634. The first kappa shape index (κ1) is 15.0. The topological polar surface area (TPSA) is 98.7 Å². The van der Waals surface area contributed by atoms with E-state index in [1.165, 1.54) is 18.2 Å². The summed E-state index contributed by atoms with van der Waals surface area (Å²) in [5, 5.41) is 13.4. The Bertz CT molecular complexity index is 610. The van der Waals surface area contributed by atoms with Crippen LogP contribution in [0.25, 0.3) is 0 Å². The number of benzene rings is 1. The van der Waals surface area contributed by atoms with Crippen LogP contribution in [0.4, 0.5) is 14.9 Å². The fourth-order valence-corrected chi connectivity index (χ4v) is 2.04. The smallest absolute Gasteiger partial charge is 0.328 e. The standard InChI is InChI=1S/C12H11ClFN3O4/c13-6-2-1-3-7(10(6)14)16-12(21)17-5-9(18)15-4-8(17)11(19)20/h1-3,8H,4-5H2,(H,15,18)(H,16,21)(H,19,20). The van der Waals surface area contributed by atoms with E-state index in [4.69, 9.17) is 16.7 Å². The fourth-order valence-electron chi connectivity index (χ4n) is 1.86. The van der Waals surface area contributed by atoms with Crippen molar-refractivity contribution in [3.05, 3.63) is 29.0 Å². The molecule has 9 heteroatoms. The summed E-state index contributed by atoms with van der Waals surface area (Å²) >= 11 is 5.59. The van der Waals surface area contributed by atoms with Crippen molar-refractivity contribution in [1.82, 2.24) is 10.2 Å². The van der Waals surface area contributed by atoms with E-state index in [1.54, 1.807) is 0 Å². The monoisotopic (exact) mass is 315 g/mol. The molecule has 0 spiro atoms. The van der Waals surface area contributed by atoms with Gasteiger partial charge < -0.3 is 15.7 Å². The van der Waals surface area contributed by atoms with Gasteiger partial charge in [-0.1, -0.05) is 17.7 Å². The van der Waals surface area contributed by atoms with E-state index in [0.29, 0.717) is 0 Å². The lowest BCUT2D eigenvalue weighted by Crippen LogP contribution is -2.60. The van der Waals surface area contributed by atoms with Crippen LogP contribution < -0.4 is 10.6 Å². The van der Waals surface area contributed by atoms with Crippen molar-refractivity contribution in [2.45, 2.75) is 6.04 Å². The van der Waals surface area contributed by atoms with Crippen LogP contribution in [0.5, 0.6) is 0 Å². The number of rotatable bonds is 2. The Hall–Kier alpha value is -2.35. The highest BCUT2D eigenvalue weighted by Crippen LogP contribution is 2.22. The maximum atomic E-state index is 13.7. The molecule has 112 valence electrons. The molecule has 1 aliphatic rings. The minimum atomic E-state index is -1.27. The average molecular weight is 316 g/mol. The van der Waals surface area contributed by atoms with E-state index in [1.807, 2.05) is 0 Å². The number of hydrogen-bond donors (Lipinski definition) is 3. The number of halogens is 2. The highest BCUT2D eigenvalue weighted by molar-refractivity contribution is 6.31. The quantitative estimate of drug-likeness (QED) is 0.755. The molecule has 1 atom stereocenters. The highest BCUT2D eigenvalue weighted by Gasteiger charge is 2.35. The second-order valence-corrected chi connectivity index (χ2v) is 4.72. The first-order chi connectivity index (χ1) is 9.90. The molecule has 1 fully saturated rings. The van der Waals surface area contributed by atoms with Crippen molar-refractivity contribution in [2.24, 2.45) is 0 Å². The molecule has 2 rings (SSSR count). The minimum absolute atomic E-state index is 0.182. The zero-order valence-electron chi connectivity index (χ0n) is 10.6. The number of carbonyl (C=O) groups is 3. The summed E-state index contributed by atoms with van der Waals surface area (Å²) in [4.78, 5) is 35.3. The van der Waals surface area contributed by atoms with Gasteiger partial charge in [0.15, 0.2) is 5.82 Å². The molecule has 21 heavy (non-hydrogen) atoms. The normalized spacial score (nSPS) is 18.1. The zero-order valence-corrected chi connectivity index (χ0v) is 11.4. The molecule has 0 aliphatic carbocycles. The van der Waals surface area contributed by atoms with Crippen LogP contribution in [0, 0.1) is 5.82 Å². The Kier molecular flexibility index (Phi) is 4.27. The predicted octanol–water partition coefficient (Wildman–Crippen LogP) is 0.896. The van der Waals surface area contributed by atoms with E-state index < -0.39 is 36.3 Å². The number of carboxylic acids is 1. The first-order valence-electron chi connectivity index (χ1n) is 5.91. The number of urea groups is 1. The van der Waals surface area contributed by atoms with Crippen LogP contribution in [-0.4, -0.2) is 47.0 Å². The van der Waals surface area contributed by atoms with Gasteiger partial charge in [0.1, 0.15) is 12.6 Å². The van der Waals surface area contributed by atoms with Gasteiger partial charge in [0.05, 0.1) is 10.7 Å². The van der Waals surface area contributed by atoms with E-state index >= 15 is 0 Å². The second kappa shape index (κ2) is 5.96. The van der Waals surface area contributed by atoms with Crippen LogP contribution in [0.3, 0.4) is 0 Å². The number of aliphatic carboxylic acids is 1. The summed E-state index contributed by atoms with van der Waals surface area (Å²) in [5.74, 6) is -2.59. The van der Waals surface area contributed by atoms with Crippen molar-refractivity contribution >= 4 is 35.2 Å². The second-order valence-electron chi connectivity index (χ2n) is 4.32. The van der Waals surface area contributed by atoms with E-state index in [9.17, 15) is 18.8 Å². The lowest BCUT2D eigenvalue weighted by molar-refractivity contribution is -0.144. The summed E-state index contributed by atoms with van der Waals surface area (Å²) in [6, 6.07) is 1.90. The van der Waals surface area contributed by atoms with Gasteiger partial charge >= 0.3 is 12.0 Å². The molecule has 1 saturated heterocycles. The third kappa shape index (κ3) is 3.22. The van der Waals surface area contributed by atoms with E-state index in [-0.39, 0.29) is 17.3 Å². The number of carbonyl (C=O) groups excluding carboxylic acids is 2. The summed E-state index contributed by atoms with van der Waals surface area (Å²) in [6.07, 6.45) is 0. The Morgan fingerprint density at radius 1 is 1.48 bits per heavy atom. The molecule has 0 saturated carbocycles. The number of nitrogens with one attached hydrogen (secondary N) is 2. The highest BCUT2D eigenvalue weighted by atomic mass is 35.5. The number of piperazine rings is 1. The molecule has 1 aromatic rings. The van der Waals surface area contributed by atoms with Gasteiger partial charge in [-0.05, 0) is 12.1 Å². The van der Waals surface area contributed by atoms with Crippen molar-refractivity contribution < 1.29 is 23.9 Å². The SMILES string of the molecule is O=C1CN(C(=O)Nc2cccc(Cl)c2F)C(C(=O)O)CN1. The molecular weight excluding hydrogens is 305 g/mol.